The molecule has 0 aliphatic carbocycles. The fourth-order valence-electron chi connectivity index (χ4n) is 1.02. The van der Waals surface area contributed by atoms with Crippen LogP contribution < -0.4 is 10.6 Å². The molecule has 2 N–H and O–H groups in total. The largest absolute Gasteiger partial charge is 0.374 e. The second-order valence-electron chi connectivity index (χ2n) is 2.91. The van der Waals surface area contributed by atoms with Gasteiger partial charge in [0.25, 0.3) is 0 Å². The van der Waals surface area contributed by atoms with E-state index in [0.717, 1.165) is 29.6 Å². The van der Waals surface area contributed by atoms with Crippen LogP contribution >= 0.6 is 23.3 Å². The van der Waals surface area contributed by atoms with Crippen LogP contribution in [0.4, 0.5) is 0 Å². The Kier molecular flexibility index (Phi) is 6.45. The molecule has 0 spiro atoms. The third-order valence-corrected chi connectivity index (χ3v) is 3.37. The zero-order chi connectivity index (χ0) is 11.6. The molecule has 1 rings (SSSR count). The van der Waals surface area contributed by atoms with Crippen LogP contribution in [-0.4, -0.2) is 23.7 Å². The fourth-order valence-corrected chi connectivity index (χ4v) is 2.40. The quantitative estimate of drug-likeness (QED) is 0.571. The molecule has 0 fully saturated rings. The molecular formula is C10H14N4S2. The highest BCUT2D eigenvalue weighted by molar-refractivity contribution is 7.98. The summed E-state index contributed by atoms with van der Waals surface area (Å²) < 4.78 is 4.23. The van der Waals surface area contributed by atoms with Crippen molar-refractivity contribution in [3.05, 3.63) is 29.0 Å². The van der Waals surface area contributed by atoms with Crippen LogP contribution in [0, 0.1) is 11.3 Å². The van der Waals surface area contributed by atoms with Crippen LogP contribution in [0.5, 0.6) is 0 Å². The number of rotatable bonds is 7. The minimum Gasteiger partial charge on any atom is -0.374 e. The summed E-state index contributed by atoms with van der Waals surface area (Å²) in [5, 5.41) is 16.5. The molecular weight excluding hydrogens is 240 g/mol. The molecule has 4 nitrogen and oxygen atoms in total. The Hall–Kier alpha value is -1.19. The summed E-state index contributed by atoms with van der Waals surface area (Å²) in [7, 11) is 1.79. The molecule has 0 aliphatic rings. The molecule has 0 saturated carbocycles. The number of nitriles is 1. The maximum absolute atomic E-state index is 8.48. The molecule has 1 heterocycles. The predicted molar refractivity (Wildman–Crippen MR) is 69.0 cm³/mol. The lowest BCUT2D eigenvalue weighted by molar-refractivity contribution is 0.771. The summed E-state index contributed by atoms with van der Waals surface area (Å²) in [6, 6.07) is 4.02. The van der Waals surface area contributed by atoms with Gasteiger partial charge in [-0.3, -0.25) is 0 Å². The molecule has 1 aromatic rings. The molecule has 0 unspecified atom stereocenters. The van der Waals surface area contributed by atoms with E-state index >= 15 is 0 Å². The van der Waals surface area contributed by atoms with Gasteiger partial charge in [-0.15, -0.1) is 0 Å². The minimum absolute atomic E-state index is 0.761. The monoisotopic (exact) mass is 254 g/mol. The van der Waals surface area contributed by atoms with Gasteiger partial charge >= 0.3 is 0 Å². The van der Waals surface area contributed by atoms with E-state index in [4.69, 9.17) is 5.26 Å². The summed E-state index contributed by atoms with van der Waals surface area (Å²) in [4.78, 5) is 0. The maximum Gasteiger partial charge on any atom is 0.109 e. The first-order valence-corrected chi connectivity index (χ1v) is 6.84. The Bertz CT molecular complexity index is 353. The van der Waals surface area contributed by atoms with Gasteiger partial charge in [0, 0.05) is 30.5 Å². The number of hydrogen-bond donors (Lipinski definition) is 2. The molecule has 0 aromatic carbocycles. The topological polar surface area (TPSA) is 60.7 Å². The van der Waals surface area contributed by atoms with Crippen molar-refractivity contribution in [3.8, 4) is 6.07 Å². The lowest BCUT2D eigenvalue weighted by Gasteiger charge is -2.08. The van der Waals surface area contributed by atoms with Crippen molar-refractivity contribution in [2.45, 2.75) is 5.75 Å². The first-order chi connectivity index (χ1) is 7.86. The predicted octanol–water partition coefficient (Wildman–Crippen LogP) is 1.55. The van der Waals surface area contributed by atoms with Crippen molar-refractivity contribution in [1.29, 1.82) is 5.26 Å². The molecule has 0 radical (unpaired) electrons. The third kappa shape index (κ3) is 5.05. The van der Waals surface area contributed by atoms with Gasteiger partial charge in [-0.2, -0.15) is 21.4 Å². The van der Waals surface area contributed by atoms with E-state index in [2.05, 4.69) is 15.0 Å². The molecule has 16 heavy (non-hydrogen) atoms. The highest BCUT2D eigenvalue weighted by Crippen LogP contribution is 2.10. The number of hydrogen-bond acceptors (Lipinski definition) is 6. The van der Waals surface area contributed by atoms with Crippen molar-refractivity contribution in [3.63, 3.8) is 0 Å². The van der Waals surface area contributed by atoms with E-state index in [0.29, 0.717) is 0 Å². The van der Waals surface area contributed by atoms with Gasteiger partial charge in [-0.25, -0.2) is 0 Å². The first kappa shape index (κ1) is 12.9. The Morgan fingerprint density at radius 1 is 1.75 bits per heavy atom. The van der Waals surface area contributed by atoms with Crippen molar-refractivity contribution in [1.82, 2.24) is 15.0 Å². The number of thioether (sulfide) groups is 1. The maximum atomic E-state index is 8.48. The molecule has 6 heteroatoms. The number of allylic oxidation sites excluding steroid dienone is 1. The van der Waals surface area contributed by atoms with E-state index in [1.165, 1.54) is 17.6 Å². The molecule has 1 aromatic heterocycles. The zero-order valence-corrected chi connectivity index (χ0v) is 10.7. The molecule has 0 atom stereocenters. The lowest BCUT2D eigenvalue weighted by Crippen LogP contribution is -2.25. The van der Waals surface area contributed by atoms with Crippen molar-refractivity contribution < 1.29 is 0 Å². The summed E-state index contributed by atoms with van der Waals surface area (Å²) in [6.07, 6.45) is 1.46. The summed E-state index contributed by atoms with van der Waals surface area (Å²) in [6.45, 7) is 0.836. The van der Waals surface area contributed by atoms with Crippen LogP contribution in [0.25, 0.3) is 0 Å². The van der Waals surface area contributed by atoms with Crippen molar-refractivity contribution in [2.75, 3.05) is 19.3 Å². The van der Waals surface area contributed by atoms with Gasteiger partial charge in [-0.1, -0.05) is 0 Å². The van der Waals surface area contributed by atoms with E-state index in [1.54, 1.807) is 7.05 Å². The van der Waals surface area contributed by atoms with Gasteiger partial charge in [0.1, 0.15) is 5.82 Å². The van der Waals surface area contributed by atoms with Crippen LogP contribution in [-0.2, 0) is 5.75 Å². The Morgan fingerprint density at radius 2 is 2.62 bits per heavy atom. The minimum atomic E-state index is 0.761. The van der Waals surface area contributed by atoms with E-state index in [1.807, 2.05) is 29.3 Å². The Morgan fingerprint density at radius 3 is 3.25 bits per heavy atom. The van der Waals surface area contributed by atoms with E-state index < -0.39 is 0 Å². The third-order valence-electron chi connectivity index (χ3n) is 1.78. The molecule has 86 valence electrons. The van der Waals surface area contributed by atoms with Gasteiger partial charge < -0.3 is 10.6 Å². The van der Waals surface area contributed by atoms with Gasteiger partial charge in [0.2, 0.25) is 0 Å². The Balaban J connectivity index is 2.08. The second-order valence-corrected chi connectivity index (χ2v) is 4.68. The smallest absolute Gasteiger partial charge is 0.109 e. The van der Waals surface area contributed by atoms with E-state index in [-0.39, 0.29) is 0 Å². The number of nitrogens with one attached hydrogen (secondary N) is 2. The normalized spacial score (nSPS) is 10.9. The SMILES string of the molecule is CN/C(=C/C#N)NCCSCc1ccsn1. The molecule has 0 amide bonds. The van der Waals surface area contributed by atoms with Gasteiger partial charge in [0.05, 0.1) is 17.8 Å². The molecule has 0 bridgehead atoms. The van der Waals surface area contributed by atoms with E-state index in [9.17, 15) is 0 Å². The fraction of sp³-hybridized carbons (Fsp3) is 0.400. The highest BCUT2D eigenvalue weighted by atomic mass is 32.2. The lowest BCUT2D eigenvalue weighted by atomic mass is 10.5. The van der Waals surface area contributed by atoms with Crippen LogP contribution in [0.1, 0.15) is 5.69 Å². The zero-order valence-electron chi connectivity index (χ0n) is 9.06. The van der Waals surface area contributed by atoms with Crippen molar-refractivity contribution >= 4 is 23.3 Å². The van der Waals surface area contributed by atoms with Crippen LogP contribution in [0.2, 0.25) is 0 Å². The Labute approximate surface area is 104 Å². The summed E-state index contributed by atoms with van der Waals surface area (Å²) in [5.74, 6) is 2.70. The average molecular weight is 254 g/mol. The standard InChI is InChI=1S/C10H14N4S2/c1-12-10(2-4-11)13-5-7-15-8-9-3-6-16-14-9/h2-3,6,12-13H,5,7-8H2,1H3/b10-2-. The van der Waals surface area contributed by atoms with Crippen molar-refractivity contribution in [2.24, 2.45) is 0 Å². The molecule has 0 saturated heterocycles. The summed E-state index contributed by atoms with van der Waals surface area (Å²) >= 11 is 3.31. The second kappa shape index (κ2) is 8.02. The highest BCUT2D eigenvalue weighted by Gasteiger charge is 1.96. The number of nitrogens with zero attached hydrogens (tertiary/aromatic N) is 2. The first-order valence-electron chi connectivity index (χ1n) is 4.85. The molecule has 0 aliphatic heterocycles. The van der Waals surface area contributed by atoms with Crippen LogP contribution in [0.15, 0.2) is 23.3 Å². The van der Waals surface area contributed by atoms with Gasteiger partial charge in [0.15, 0.2) is 0 Å². The van der Waals surface area contributed by atoms with Crippen LogP contribution in [0.3, 0.4) is 0 Å². The van der Waals surface area contributed by atoms with Gasteiger partial charge in [-0.05, 0) is 17.6 Å². The summed E-state index contributed by atoms with van der Waals surface area (Å²) in [5.41, 5.74) is 1.14. The average Bonchev–Trinajstić information content (AvgIpc) is 2.80. The number of aromatic nitrogens is 1.